The van der Waals surface area contributed by atoms with Crippen LogP contribution in [-0.2, 0) is 4.18 Å². The van der Waals surface area contributed by atoms with E-state index < -0.39 is 0 Å². The normalized spacial score (nSPS) is 23.3. The van der Waals surface area contributed by atoms with Gasteiger partial charge in [0.1, 0.15) is 17.1 Å². The summed E-state index contributed by atoms with van der Waals surface area (Å²) in [6.07, 6.45) is 7.13. The first-order valence-electron chi connectivity index (χ1n) is 6.17. The van der Waals surface area contributed by atoms with Crippen LogP contribution in [0.1, 0.15) is 25.3 Å². The summed E-state index contributed by atoms with van der Waals surface area (Å²) in [6, 6.07) is 2.50. The van der Waals surface area contributed by atoms with Gasteiger partial charge in [-0.05, 0) is 31.2 Å². The van der Waals surface area contributed by atoms with Crippen molar-refractivity contribution in [2.45, 2.75) is 25.3 Å². The molecule has 7 heteroatoms. The van der Waals surface area contributed by atoms with E-state index in [4.69, 9.17) is 15.8 Å². The van der Waals surface area contributed by atoms with Gasteiger partial charge in [0.05, 0.1) is 21.2 Å². The largest absolute Gasteiger partial charge is 0.329 e. The van der Waals surface area contributed by atoms with Gasteiger partial charge in [-0.15, -0.1) is 0 Å². The zero-order valence-corrected chi connectivity index (χ0v) is 13.9. The fourth-order valence-corrected chi connectivity index (χ4v) is 3.68. The lowest BCUT2D eigenvalue weighted by Crippen LogP contribution is -2.07. The molecule has 1 aliphatic rings. The van der Waals surface area contributed by atoms with Gasteiger partial charge in [-0.1, -0.05) is 11.6 Å². The molecule has 0 amide bonds. The minimum absolute atomic E-state index is 0.497. The molecule has 2 atom stereocenters. The van der Waals surface area contributed by atoms with Crippen molar-refractivity contribution in [1.29, 1.82) is 0 Å². The summed E-state index contributed by atoms with van der Waals surface area (Å²) in [6.45, 7) is 0.832. The van der Waals surface area contributed by atoms with Gasteiger partial charge >= 0.3 is 0 Å². The Hall–Kier alpha value is -0.0500. The van der Waals surface area contributed by atoms with Gasteiger partial charge in [0.25, 0.3) is 0 Å². The van der Waals surface area contributed by atoms with Crippen molar-refractivity contribution in [3.63, 3.8) is 0 Å². The molecule has 19 heavy (non-hydrogen) atoms. The predicted molar refractivity (Wildman–Crippen MR) is 86.5 cm³/mol. The minimum atomic E-state index is 0.497. The quantitative estimate of drug-likeness (QED) is 0.425. The van der Waals surface area contributed by atoms with Gasteiger partial charge in [-0.3, -0.25) is 0 Å². The highest BCUT2D eigenvalue weighted by atomic mass is 127. The number of aromatic nitrogens is 3. The monoisotopic (exact) mass is 409 g/mol. The Bertz CT molecular complexity index is 579. The van der Waals surface area contributed by atoms with Gasteiger partial charge in [-0.25, -0.2) is 9.97 Å². The highest BCUT2D eigenvalue weighted by Gasteiger charge is 2.27. The highest BCUT2D eigenvalue weighted by molar-refractivity contribution is 14.2. The summed E-state index contributed by atoms with van der Waals surface area (Å²) in [5, 5.41) is 1.47. The number of halogens is 2. The van der Waals surface area contributed by atoms with E-state index in [-0.39, 0.29) is 0 Å². The molecule has 2 unspecified atom stereocenters. The Balaban J connectivity index is 1.80. The van der Waals surface area contributed by atoms with E-state index in [1.54, 1.807) is 0 Å². The molecule has 4 nitrogen and oxygen atoms in total. The van der Waals surface area contributed by atoms with Gasteiger partial charge < -0.3 is 8.75 Å². The van der Waals surface area contributed by atoms with Crippen molar-refractivity contribution in [3.05, 3.63) is 23.7 Å². The van der Waals surface area contributed by atoms with Crippen LogP contribution in [0.5, 0.6) is 0 Å². The Morgan fingerprint density at radius 2 is 2.37 bits per heavy atom. The summed E-state index contributed by atoms with van der Waals surface area (Å²) >= 11 is 8.25. The van der Waals surface area contributed by atoms with Gasteiger partial charge in [0.2, 0.25) is 0 Å². The van der Waals surface area contributed by atoms with Crippen LogP contribution in [0.2, 0.25) is 5.15 Å². The van der Waals surface area contributed by atoms with E-state index in [0.29, 0.717) is 17.1 Å². The summed E-state index contributed by atoms with van der Waals surface area (Å²) in [4.78, 5) is 8.38. The Morgan fingerprint density at radius 3 is 3.21 bits per heavy atom. The predicted octanol–water partition coefficient (Wildman–Crippen LogP) is 4.44. The Labute approximate surface area is 133 Å². The van der Waals surface area contributed by atoms with Crippen LogP contribution < -0.4 is 0 Å². The second-order valence-electron chi connectivity index (χ2n) is 4.81. The van der Waals surface area contributed by atoms with Crippen molar-refractivity contribution in [3.8, 4) is 0 Å². The second kappa shape index (κ2) is 6.15. The zero-order valence-electron chi connectivity index (χ0n) is 10.1. The molecule has 0 spiro atoms. The first-order chi connectivity index (χ1) is 9.29. The summed E-state index contributed by atoms with van der Waals surface area (Å²) in [5.41, 5.74) is 0.940. The van der Waals surface area contributed by atoms with Gasteiger partial charge in [0.15, 0.2) is 0 Å². The molecule has 0 radical (unpaired) electrons. The molecular weight excluding hydrogens is 397 g/mol. The fraction of sp³-hybridized carbons (Fsp3) is 0.500. The first-order valence-corrected chi connectivity index (χ1v) is 9.83. The molecule has 2 aromatic rings. The molecular formula is C12H13ClIN3OS. The van der Waals surface area contributed by atoms with E-state index in [1.807, 2.05) is 6.07 Å². The number of hydrogen-bond acceptors (Lipinski definition) is 4. The Kier molecular flexibility index (Phi) is 4.51. The van der Waals surface area contributed by atoms with Gasteiger partial charge in [-0.2, -0.15) is 0 Å². The number of hydrogen-bond donors (Lipinski definition) is 0. The second-order valence-corrected chi connectivity index (χ2v) is 6.60. The number of nitrogens with zero attached hydrogens (tertiary/aromatic N) is 3. The maximum Gasteiger partial charge on any atom is 0.145 e. The summed E-state index contributed by atoms with van der Waals surface area (Å²) in [5.74, 6) is 0.641. The van der Waals surface area contributed by atoms with E-state index in [1.165, 1.54) is 28.4 Å². The lowest BCUT2D eigenvalue weighted by molar-refractivity contribution is 0.290. The molecule has 1 saturated carbocycles. The topological polar surface area (TPSA) is 39.9 Å². The third-order valence-electron chi connectivity index (χ3n) is 3.72. The average molecular weight is 410 g/mol. The molecule has 0 aliphatic heterocycles. The molecule has 2 heterocycles. The molecule has 1 fully saturated rings. The van der Waals surface area contributed by atoms with Crippen LogP contribution in [0, 0.1) is 5.92 Å². The smallest absolute Gasteiger partial charge is 0.145 e. The van der Waals surface area contributed by atoms with Crippen molar-refractivity contribution in [2.75, 3.05) is 6.61 Å². The maximum atomic E-state index is 6.09. The molecule has 0 aromatic carbocycles. The first kappa shape index (κ1) is 13.9. The molecule has 102 valence electrons. The number of fused-ring (bicyclic) bond motifs is 1. The molecule has 0 N–H and O–H groups in total. The average Bonchev–Trinajstić information content (AvgIpc) is 3.02. The van der Waals surface area contributed by atoms with E-state index in [0.717, 1.165) is 24.1 Å². The third kappa shape index (κ3) is 2.86. The number of rotatable bonds is 4. The van der Waals surface area contributed by atoms with Crippen molar-refractivity contribution in [1.82, 2.24) is 14.5 Å². The SMILES string of the molecule is Clc1ncnc2c1ccn2C1CCC(COSI)C1. The lowest BCUT2D eigenvalue weighted by Gasteiger charge is -2.13. The van der Waals surface area contributed by atoms with E-state index >= 15 is 0 Å². The third-order valence-corrected chi connectivity index (χ3v) is 5.01. The highest BCUT2D eigenvalue weighted by Crippen LogP contribution is 2.37. The van der Waals surface area contributed by atoms with Gasteiger partial charge in [0, 0.05) is 33.4 Å². The van der Waals surface area contributed by atoms with Crippen LogP contribution in [-0.4, -0.2) is 21.1 Å². The van der Waals surface area contributed by atoms with Crippen molar-refractivity contribution < 1.29 is 4.18 Å². The fourth-order valence-electron chi connectivity index (χ4n) is 2.81. The summed E-state index contributed by atoms with van der Waals surface area (Å²) in [7, 11) is 1.42. The zero-order chi connectivity index (χ0) is 13.2. The maximum absolute atomic E-state index is 6.09. The van der Waals surface area contributed by atoms with E-state index in [2.05, 4.69) is 41.9 Å². The molecule has 0 bridgehead atoms. The van der Waals surface area contributed by atoms with Crippen LogP contribution in [0.15, 0.2) is 18.6 Å². The molecule has 3 rings (SSSR count). The van der Waals surface area contributed by atoms with Crippen LogP contribution in [0.3, 0.4) is 0 Å². The van der Waals surface area contributed by atoms with Crippen molar-refractivity contribution in [2.24, 2.45) is 5.92 Å². The van der Waals surface area contributed by atoms with Crippen LogP contribution >= 0.6 is 42.0 Å². The standard InChI is InChI=1S/C12H13ClIN3OS/c13-11-10-3-4-17(12(10)16-7-15-11)9-2-1-8(5-9)6-18-19-14/h3-4,7-9H,1-2,5-6H2. The molecule has 0 saturated heterocycles. The Morgan fingerprint density at radius 1 is 1.47 bits per heavy atom. The molecule has 1 aliphatic carbocycles. The summed E-state index contributed by atoms with van der Waals surface area (Å²) < 4.78 is 7.67. The van der Waals surface area contributed by atoms with E-state index in [9.17, 15) is 0 Å². The van der Waals surface area contributed by atoms with Crippen LogP contribution in [0.25, 0.3) is 11.0 Å². The molecule has 2 aromatic heterocycles. The minimum Gasteiger partial charge on any atom is -0.329 e. The van der Waals surface area contributed by atoms with Crippen molar-refractivity contribution >= 4 is 53.1 Å². The lowest BCUT2D eigenvalue weighted by atomic mass is 10.1. The van der Waals surface area contributed by atoms with Crippen LogP contribution in [0.4, 0.5) is 0 Å².